The molecule has 0 aromatic heterocycles. The summed E-state index contributed by atoms with van der Waals surface area (Å²) < 4.78 is 36.9. The Bertz CT molecular complexity index is 322. The predicted molar refractivity (Wildman–Crippen MR) is 49.2 cm³/mol. The molecular weight excluding hydrogens is 215 g/mol. The third kappa shape index (κ3) is 2.89. The number of rotatable bonds is 2. The van der Waals surface area contributed by atoms with Gasteiger partial charge >= 0.3 is 6.18 Å². The maximum Gasteiger partial charge on any atom is 0.416 e. The van der Waals surface area contributed by atoms with Gasteiger partial charge in [0, 0.05) is 5.02 Å². The molecule has 2 N–H and O–H groups in total. The van der Waals surface area contributed by atoms with Crippen molar-refractivity contribution in [2.75, 3.05) is 6.54 Å². The van der Waals surface area contributed by atoms with E-state index in [1.54, 1.807) is 0 Å². The van der Waals surface area contributed by atoms with Crippen LogP contribution in [0.2, 0.25) is 5.02 Å². The van der Waals surface area contributed by atoms with Gasteiger partial charge in [0.1, 0.15) is 0 Å². The predicted octanol–water partition coefficient (Wildman–Crippen LogP) is 2.86. The second-order valence-corrected chi connectivity index (χ2v) is 3.32. The van der Waals surface area contributed by atoms with Gasteiger partial charge in [0.25, 0.3) is 0 Å². The van der Waals surface area contributed by atoms with E-state index in [0.717, 1.165) is 12.1 Å². The largest absolute Gasteiger partial charge is 0.416 e. The molecule has 0 radical (unpaired) electrons. The van der Waals surface area contributed by atoms with Crippen LogP contribution in [0.5, 0.6) is 0 Å². The van der Waals surface area contributed by atoms with Crippen LogP contribution in [0.1, 0.15) is 11.1 Å². The molecule has 0 fully saturated rings. The number of halogens is 4. The van der Waals surface area contributed by atoms with Gasteiger partial charge in [-0.15, -0.1) is 0 Å². The topological polar surface area (TPSA) is 26.0 Å². The minimum absolute atomic E-state index is 0.0864. The van der Waals surface area contributed by atoms with Gasteiger partial charge in [0.15, 0.2) is 0 Å². The summed E-state index contributed by atoms with van der Waals surface area (Å²) in [7, 11) is 0. The van der Waals surface area contributed by atoms with E-state index in [9.17, 15) is 13.2 Å². The lowest BCUT2D eigenvalue weighted by molar-refractivity contribution is -0.137. The Labute approximate surface area is 84.7 Å². The first-order valence-electron chi connectivity index (χ1n) is 4.00. The van der Waals surface area contributed by atoms with Crippen molar-refractivity contribution in [1.29, 1.82) is 0 Å². The number of hydrogen-bond acceptors (Lipinski definition) is 1. The van der Waals surface area contributed by atoms with Crippen LogP contribution in [0.3, 0.4) is 0 Å². The minimum Gasteiger partial charge on any atom is -0.330 e. The van der Waals surface area contributed by atoms with E-state index in [-0.39, 0.29) is 5.02 Å². The molecule has 0 aliphatic rings. The number of benzene rings is 1. The Balaban J connectivity index is 3.07. The first-order chi connectivity index (χ1) is 6.43. The van der Waals surface area contributed by atoms with Crippen molar-refractivity contribution in [2.24, 2.45) is 5.73 Å². The highest BCUT2D eigenvalue weighted by molar-refractivity contribution is 6.30. The summed E-state index contributed by atoms with van der Waals surface area (Å²) in [6, 6.07) is 3.46. The van der Waals surface area contributed by atoms with Gasteiger partial charge < -0.3 is 5.73 Å². The lowest BCUT2D eigenvalue weighted by Gasteiger charge is -2.09. The van der Waals surface area contributed by atoms with Crippen molar-refractivity contribution in [3.63, 3.8) is 0 Å². The summed E-state index contributed by atoms with van der Waals surface area (Å²) in [5.41, 5.74) is 5.02. The van der Waals surface area contributed by atoms with Crippen LogP contribution in [-0.4, -0.2) is 6.54 Å². The quantitative estimate of drug-likeness (QED) is 0.820. The monoisotopic (exact) mass is 223 g/mol. The van der Waals surface area contributed by atoms with E-state index >= 15 is 0 Å². The molecule has 1 aromatic rings. The van der Waals surface area contributed by atoms with Crippen LogP contribution < -0.4 is 5.73 Å². The Morgan fingerprint density at radius 3 is 2.36 bits per heavy atom. The zero-order chi connectivity index (χ0) is 10.8. The van der Waals surface area contributed by atoms with Crippen molar-refractivity contribution in [3.8, 4) is 0 Å². The summed E-state index contributed by atoms with van der Waals surface area (Å²) in [6.45, 7) is 0.303. The Kier molecular flexibility index (Phi) is 3.39. The average Bonchev–Trinajstić information content (AvgIpc) is 2.02. The molecule has 1 rings (SSSR count). The SMILES string of the molecule is NCCc1cc(Cl)cc(C(F)(F)F)c1. The van der Waals surface area contributed by atoms with Crippen molar-refractivity contribution in [1.82, 2.24) is 0 Å². The second kappa shape index (κ2) is 4.19. The molecule has 5 heteroatoms. The van der Waals surface area contributed by atoms with E-state index in [1.807, 2.05) is 0 Å². The molecule has 78 valence electrons. The zero-order valence-electron chi connectivity index (χ0n) is 7.24. The standard InChI is InChI=1S/C9H9ClF3N/c10-8-4-6(1-2-14)3-7(5-8)9(11,12)13/h3-5H,1-2,14H2. The summed E-state index contributed by atoms with van der Waals surface area (Å²) >= 11 is 5.55. The van der Waals surface area contributed by atoms with Crippen LogP contribution in [-0.2, 0) is 12.6 Å². The molecule has 0 spiro atoms. The van der Waals surface area contributed by atoms with E-state index < -0.39 is 11.7 Å². The van der Waals surface area contributed by atoms with Crippen molar-refractivity contribution >= 4 is 11.6 Å². The zero-order valence-corrected chi connectivity index (χ0v) is 7.99. The van der Waals surface area contributed by atoms with Crippen molar-refractivity contribution < 1.29 is 13.2 Å². The van der Waals surface area contributed by atoms with Crippen LogP contribution in [0.4, 0.5) is 13.2 Å². The molecular formula is C9H9ClF3N. The fourth-order valence-corrected chi connectivity index (χ4v) is 1.38. The molecule has 0 heterocycles. The average molecular weight is 224 g/mol. The summed E-state index contributed by atoms with van der Waals surface area (Å²) in [5, 5.41) is 0.0864. The molecule has 0 atom stereocenters. The van der Waals surface area contributed by atoms with Gasteiger partial charge in [0.2, 0.25) is 0 Å². The third-order valence-corrected chi connectivity index (χ3v) is 1.94. The first-order valence-corrected chi connectivity index (χ1v) is 4.38. The van der Waals surface area contributed by atoms with Crippen LogP contribution in [0.15, 0.2) is 18.2 Å². The second-order valence-electron chi connectivity index (χ2n) is 2.88. The number of nitrogens with two attached hydrogens (primary N) is 1. The van der Waals surface area contributed by atoms with Gasteiger partial charge in [-0.1, -0.05) is 11.6 Å². The summed E-state index contributed by atoms with van der Waals surface area (Å²) in [4.78, 5) is 0. The molecule has 0 unspecified atom stereocenters. The lowest BCUT2D eigenvalue weighted by atomic mass is 10.1. The highest BCUT2D eigenvalue weighted by atomic mass is 35.5. The van der Waals surface area contributed by atoms with E-state index in [1.165, 1.54) is 6.07 Å². The summed E-state index contributed by atoms with van der Waals surface area (Å²) in [6.07, 6.45) is -3.96. The highest BCUT2D eigenvalue weighted by Gasteiger charge is 2.30. The van der Waals surface area contributed by atoms with Gasteiger partial charge in [-0.25, -0.2) is 0 Å². The van der Waals surface area contributed by atoms with Crippen molar-refractivity contribution in [3.05, 3.63) is 34.3 Å². The van der Waals surface area contributed by atoms with Gasteiger partial charge in [-0.3, -0.25) is 0 Å². The Morgan fingerprint density at radius 1 is 1.21 bits per heavy atom. The van der Waals surface area contributed by atoms with Crippen LogP contribution in [0.25, 0.3) is 0 Å². The fraction of sp³-hybridized carbons (Fsp3) is 0.333. The maximum atomic E-state index is 12.3. The Hall–Kier alpha value is -0.740. The molecule has 0 bridgehead atoms. The number of hydrogen-bond donors (Lipinski definition) is 1. The minimum atomic E-state index is -4.35. The van der Waals surface area contributed by atoms with Gasteiger partial charge in [-0.2, -0.15) is 13.2 Å². The Morgan fingerprint density at radius 2 is 1.86 bits per heavy atom. The number of alkyl halides is 3. The van der Waals surface area contributed by atoms with Gasteiger partial charge in [-0.05, 0) is 36.7 Å². The lowest BCUT2D eigenvalue weighted by Crippen LogP contribution is -2.08. The maximum absolute atomic E-state index is 12.3. The molecule has 1 aromatic carbocycles. The van der Waals surface area contributed by atoms with Crippen molar-refractivity contribution in [2.45, 2.75) is 12.6 Å². The van der Waals surface area contributed by atoms with Crippen LogP contribution in [0, 0.1) is 0 Å². The van der Waals surface area contributed by atoms with E-state index in [2.05, 4.69) is 0 Å². The van der Waals surface area contributed by atoms with Gasteiger partial charge in [0.05, 0.1) is 5.56 Å². The molecule has 0 saturated carbocycles. The fourth-order valence-electron chi connectivity index (χ4n) is 1.13. The molecule has 0 aliphatic heterocycles. The van der Waals surface area contributed by atoms with Crippen LogP contribution >= 0.6 is 11.6 Å². The summed E-state index contributed by atoms with van der Waals surface area (Å²) in [5.74, 6) is 0. The molecule has 0 amide bonds. The molecule has 0 aliphatic carbocycles. The normalized spacial score (nSPS) is 11.8. The molecule has 1 nitrogen and oxygen atoms in total. The third-order valence-electron chi connectivity index (χ3n) is 1.72. The highest BCUT2D eigenvalue weighted by Crippen LogP contribution is 2.31. The molecule has 0 saturated heterocycles. The smallest absolute Gasteiger partial charge is 0.330 e. The van der Waals surface area contributed by atoms with E-state index in [0.29, 0.717) is 18.5 Å². The van der Waals surface area contributed by atoms with E-state index in [4.69, 9.17) is 17.3 Å². The first kappa shape index (κ1) is 11.3. The molecule has 14 heavy (non-hydrogen) atoms.